The maximum absolute atomic E-state index is 12.8. The van der Waals surface area contributed by atoms with Gasteiger partial charge >= 0.3 is 5.63 Å². The van der Waals surface area contributed by atoms with Crippen molar-refractivity contribution < 1.29 is 18.7 Å². The van der Waals surface area contributed by atoms with Crippen LogP contribution in [0.25, 0.3) is 21.9 Å². The van der Waals surface area contributed by atoms with Gasteiger partial charge in [-0.25, -0.2) is 4.79 Å². The molecule has 0 aliphatic carbocycles. The smallest absolute Gasteiger partial charge is 0.340 e. The van der Waals surface area contributed by atoms with Crippen LogP contribution >= 0.6 is 0 Å². The molecule has 2 heterocycles. The van der Waals surface area contributed by atoms with E-state index in [2.05, 4.69) is 26.1 Å². The lowest BCUT2D eigenvalue weighted by Crippen LogP contribution is -2.31. The van der Waals surface area contributed by atoms with Gasteiger partial charge in [-0.3, -0.25) is 4.79 Å². The minimum atomic E-state index is -0.822. The number of aliphatic hydroxyl groups is 1. The number of aliphatic hydroxyl groups excluding tert-OH is 1. The summed E-state index contributed by atoms with van der Waals surface area (Å²) < 4.78 is 11.5. The number of amides is 1. The third kappa shape index (κ3) is 4.31. The molecule has 2 N–H and O–H groups in total. The number of carbonyl (C=O) groups is 1. The average molecular weight is 448 g/mol. The summed E-state index contributed by atoms with van der Waals surface area (Å²) in [4.78, 5) is 25.4. The van der Waals surface area contributed by atoms with Crippen molar-refractivity contribution in [1.29, 1.82) is 0 Å². The molecule has 0 radical (unpaired) electrons. The molecule has 0 aliphatic rings. The second kappa shape index (κ2) is 8.52. The summed E-state index contributed by atoms with van der Waals surface area (Å²) in [5, 5.41) is 14.8. The molecular formula is C27H29NO5. The minimum absolute atomic E-state index is 0.0600. The van der Waals surface area contributed by atoms with E-state index in [4.69, 9.17) is 8.83 Å². The molecule has 0 unspecified atom stereocenters. The van der Waals surface area contributed by atoms with E-state index in [0.29, 0.717) is 27.9 Å². The summed E-state index contributed by atoms with van der Waals surface area (Å²) in [7, 11) is 0. The average Bonchev–Trinajstić information content (AvgIpc) is 3.21. The number of fused-ring (bicyclic) bond motifs is 2. The van der Waals surface area contributed by atoms with Gasteiger partial charge in [-0.1, -0.05) is 51.1 Å². The predicted octanol–water partition coefficient (Wildman–Crippen LogP) is 4.85. The summed E-state index contributed by atoms with van der Waals surface area (Å²) in [6.07, 6.45) is 0.813. The molecule has 4 aromatic rings. The minimum Gasteiger partial charge on any atom is -0.464 e. The van der Waals surface area contributed by atoms with Gasteiger partial charge in [0.15, 0.2) is 0 Å². The number of furan rings is 1. The first kappa shape index (κ1) is 22.8. The van der Waals surface area contributed by atoms with Crippen LogP contribution in [0.4, 0.5) is 0 Å². The van der Waals surface area contributed by atoms with Gasteiger partial charge in [0.2, 0.25) is 5.91 Å². The monoisotopic (exact) mass is 447 g/mol. The van der Waals surface area contributed by atoms with E-state index < -0.39 is 11.7 Å². The maximum Gasteiger partial charge on any atom is 0.340 e. The standard InChI is InChI=1S/C27H29NO5/c1-15-18-11-20-21(27(3,4)5)14-32-24(20)16(2)25(18)33-26(31)19(15)12-23(30)28-13-22(29)17-9-7-6-8-10-17/h6-11,14,22,29H,12-13H2,1-5H3,(H,28,30)/t22-/m1/s1. The van der Waals surface area contributed by atoms with Crippen LogP contribution in [-0.2, 0) is 16.6 Å². The van der Waals surface area contributed by atoms with Crippen LogP contribution in [0.15, 0.2) is 56.3 Å². The summed E-state index contributed by atoms with van der Waals surface area (Å²) >= 11 is 0. The number of rotatable bonds is 5. The quantitative estimate of drug-likeness (QED) is 0.427. The second-order valence-corrected chi connectivity index (χ2v) is 9.55. The van der Waals surface area contributed by atoms with Gasteiger partial charge in [0.05, 0.1) is 24.4 Å². The second-order valence-electron chi connectivity index (χ2n) is 9.55. The van der Waals surface area contributed by atoms with Crippen LogP contribution in [0.2, 0.25) is 0 Å². The highest BCUT2D eigenvalue weighted by atomic mass is 16.4. The Bertz CT molecular complexity index is 1390. The van der Waals surface area contributed by atoms with Crippen LogP contribution in [0.3, 0.4) is 0 Å². The van der Waals surface area contributed by atoms with E-state index in [0.717, 1.165) is 21.9 Å². The van der Waals surface area contributed by atoms with E-state index in [1.807, 2.05) is 38.1 Å². The Hall–Kier alpha value is -3.38. The zero-order valence-electron chi connectivity index (χ0n) is 19.6. The Kier molecular flexibility index (Phi) is 5.89. The fraction of sp³-hybridized carbons (Fsp3) is 0.333. The van der Waals surface area contributed by atoms with Gasteiger partial charge in [-0.2, -0.15) is 0 Å². The van der Waals surface area contributed by atoms with Crippen LogP contribution in [0.5, 0.6) is 0 Å². The van der Waals surface area contributed by atoms with E-state index in [-0.39, 0.29) is 24.3 Å². The summed E-state index contributed by atoms with van der Waals surface area (Å²) in [5.74, 6) is -0.351. The first-order valence-corrected chi connectivity index (χ1v) is 11.0. The molecule has 6 heteroatoms. The van der Waals surface area contributed by atoms with Gasteiger partial charge < -0.3 is 19.3 Å². The predicted molar refractivity (Wildman–Crippen MR) is 129 cm³/mol. The van der Waals surface area contributed by atoms with Crippen LogP contribution in [0.1, 0.15) is 54.7 Å². The molecule has 33 heavy (non-hydrogen) atoms. The topological polar surface area (TPSA) is 92.7 Å². The molecule has 0 bridgehead atoms. The van der Waals surface area contributed by atoms with Crippen LogP contribution in [-0.4, -0.2) is 17.6 Å². The fourth-order valence-electron chi connectivity index (χ4n) is 4.21. The molecule has 1 amide bonds. The van der Waals surface area contributed by atoms with E-state index >= 15 is 0 Å². The highest BCUT2D eigenvalue weighted by Crippen LogP contribution is 2.37. The number of hydrogen-bond donors (Lipinski definition) is 2. The molecule has 0 saturated carbocycles. The Morgan fingerprint density at radius 3 is 2.42 bits per heavy atom. The van der Waals surface area contributed by atoms with Gasteiger partial charge in [-0.15, -0.1) is 0 Å². The van der Waals surface area contributed by atoms with E-state index in [1.54, 1.807) is 18.4 Å². The molecule has 0 saturated heterocycles. The highest BCUT2D eigenvalue weighted by molar-refractivity contribution is 6.00. The van der Waals surface area contributed by atoms with E-state index in [1.165, 1.54) is 0 Å². The van der Waals surface area contributed by atoms with Gasteiger partial charge in [0.25, 0.3) is 0 Å². The largest absolute Gasteiger partial charge is 0.464 e. The van der Waals surface area contributed by atoms with Crippen LogP contribution < -0.4 is 10.9 Å². The maximum atomic E-state index is 12.8. The van der Waals surface area contributed by atoms with Crippen molar-refractivity contribution >= 4 is 27.8 Å². The number of aryl methyl sites for hydroxylation is 2. The first-order chi connectivity index (χ1) is 15.6. The highest BCUT2D eigenvalue weighted by Gasteiger charge is 2.24. The third-order valence-corrected chi connectivity index (χ3v) is 6.16. The summed E-state index contributed by atoms with van der Waals surface area (Å²) in [5.41, 5.74) is 4.11. The van der Waals surface area contributed by atoms with Crippen molar-refractivity contribution in [2.45, 2.75) is 52.6 Å². The van der Waals surface area contributed by atoms with Crippen molar-refractivity contribution in [3.8, 4) is 0 Å². The number of nitrogens with one attached hydrogen (secondary N) is 1. The molecule has 0 fully saturated rings. The van der Waals surface area contributed by atoms with Crippen molar-refractivity contribution in [1.82, 2.24) is 5.32 Å². The van der Waals surface area contributed by atoms with Gasteiger partial charge in [-0.05, 0) is 36.5 Å². The zero-order chi connectivity index (χ0) is 23.9. The summed E-state index contributed by atoms with van der Waals surface area (Å²) in [6.45, 7) is 10.1. The van der Waals surface area contributed by atoms with Crippen molar-refractivity contribution in [2.75, 3.05) is 6.54 Å². The normalized spacial score (nSPS) is 12.9. The Morgan fingerprint density at radius 2 is 1.76 bits per heavy atom. The van der Waals surface area contributed by atoms with Crippen molar-refractivity contribution in [3.63, 3.8) is 0 Å². The Balaban J connectivity index is 1.66. The van der Waals surface area contributed by atoms with Crippen LogP contribution in [0, 0.1) is 13.8 Å². The number of benzene rings is 2. The third-order valence-electron chi connectivity index (χ3n) is 6.16. The molecule has 6 nitrogen and oxygen atoms in total. The SMILES string of the molecule is Cc1c(CC(=O)NC[C@@H](O)c2ccccc2)c(=O)oc2c(C)c3occ(C(C)(C)C)c3cc12. The molecule has 0 aliphatic heterocycles. The summed E-state index contributed by atoms with van der Waals surface area (Å²) in [6, 6.07) is 11.1. The van der Waals surface area contributed by atoms with Crippen molar-refractivity contribution in [3.05, 3.63) is 80.9 Å². The van der Waals surface area contributed by atoms with Gasteiger partial charge in [0.1, 0.15) is 11.2 Å². The molecular weight excluding hydrogens is 418 g/mol. The molecule has 2 aromatic heterocycles. The fourth-order valence-corrected chi connectivity index (χ4v) is 4.21. The van der Waals surface area contributed by atoms with Gasteiger partial charge in [0, 0.05) is 28.4 Å². The lowest BCUT2D eigenvalue weighted by Gasteiger charge is -2.17. The number of hydrogen-bond acceptors (Lipinski definition) is 5. The molecule has 2 aromatic carbocycles. The Labute approximate surface area is 192 Å². The zero-order valence-corrected chi connectivity index (χ0v) is 19.6. The molecule has 172 valence electrons. The molecule has 1 atom stereocenters. The lowest BCUT2D eigenvalue weighted by atomic mass is 9.86. The Morgan fingerprint density at radius 1 is 1.06 bits per heavy atom. The van der Waals surface area contributed by atoms with E-state index in [9.17, 15) is 14.7 Å². The van der Waals surface area contributed by atoms with Crippen molar-refractivity contribution in [2.24, 2.45) is 0 Å². The number of carbonyl (C=O) groups excluding carboxylic acids is 1. The first-order valence-electron chi connectivity index (χ1n) is 11.0. The lowest BCUT2D eigenvalue weighted by molar-refractivity contribution is -0.120. The molecule has 0 spiro atoms. The molecule has 4 rings (SSSR count).